The summed E-state index contributed by atoms with van der Waals surface area (Å²) in [5.41, 5.74) is -0.707. The van der Waals surface area contributed by atoms with Gasteiger partial charge in [-0.05, 0) is 32.9 Å². The summed E-state index contributed by atoms with van der Waals surface area (Å²) in [6.07, 6.45) is -0.581. The van der Waals surface area contributed by atoms with E-state index in [9.17, 15) is 18.0 Å². The lowest BCUT2D eigenvalue weighted by atomic mass is 10.2. The molecule has 2 atom stereocenters. The zero-order valence-electron chi connectivity index (χ0n) is 15.8. The Kier molecular flexibility index (Phi) is 6.32. The highest BCUT2D eigenvalue weighted by atomic mass is 32.2. The standard InChI is InChI=1S/C17H25N3O6S/c1-17(2,3)26-16(22)20-10-12(8-15(20)18-11-21)19-27(23,24)14-7-5-6-13(9-14)25-4/h5-7,9,11-12,15,19H,8,10H2,1-4H3,(H,18,21)/t12-,15+/m1/s1. The van der Waals surface area contributed by atoms with Crippen LogP contribution in [0.5, 0.6) is 5.75 Å². The number of likely N-dealkylation sites (tertiary alicyclic amines) is 1. The number of methoxy groups -OCH3 is 1. The Bertz CT molecular complexity index is 790. The first kappa shape index (κ1) is 21.0. The van der Waals surface area contributed by atoms with Crippen molar-refractivity contribution in [2.75, 3.05) is 13.7 Å². The number of rotatable bonds is 6. The molecule has 0 saturated carbocycles. The number of nitrogens with zero attached hydrogens (tertiary/aromatic N) is 1. The van der Waals surface area contributed by atoms with Crippen LogP contribution in [0.1, 0.15) is 27.2 Å². The van der Waals surface area contributed by atoms with Gasteiger partial charge >= 0.3 is 6.09 Å². The highest BCUT2D eigenvalue weighted by Crippen LogP contribution is 2.22. The van der Waals surface area contributed by atoms with E-state index in [-0.39, 0.29) is 17.9 Å². The lowest BCUT2D eigenvalue weighted by Crippen LogP contribution is -2.46. The third-order valence-corrected chi connectivity index (χ3v) is 5.38. The Labute approximate surface area is 159 Å². The number of nitrogens with one attached hydrogen (secondary N) is 2. The second-order valence-electron chi connectivity index (χ2n) is 7.17. The minimum atomic E-state index is -3.82. The third-order valence-electron chi connectivity index (χ3n) is 3.86. The summed E-state index contributed by atoms with van der Waals surface area (Å²) < 4.78 is 38.2. The molecular weight excluding hydrogens is 374 g/mol. The molecule has 2 amide bonds. The predicted molar refractivity (Wildman–Crippen MR) is 97.6 cm³/mol. The average molecular weight is 399 g/mol. The minimum Gasteiger partial charge on any atom is -0.497 e. The van der Waals surface area contributed by atoms with Crippen molar-refractivity contribution < 1.29 is 27.5 Å². The second kappa shape index (κ2) is 8.13. The Hall–Kier alpha value is -2.33. The monoisotopic (exact) mass is 399 g/mol. The van der Waals surface area contributed by atoms with Crippen molar-refractivity contribution in [3.63, 3.8) is 0 Å². The van der Waals surface area contributed by atoms with Gasteiger partial charge in [0.2, 0.25) is 16.4 Å². The molecule has 1 fully saturated rings. The quantitative estimate of drug-likeness (QED) is 0.692. The van der Waals surface area contributed by atoms with Crippen molar-refractivity contribution in [3.8, 4) is 5.75 Å². The molecule has 0 radical (unpaired) electrons. The van der Waals surface area contributed by atoms with E-state index in [1.54, 1.807) is 32.9 Å². The molecule has 1 aromatic carbocycles. The molecule has 150 valence electrons. The minimum absolute atomic E-state index is 0.0532. The van der Waals surface area contributed by atoms with E-state index < -0.39 is 33.9 Å². The Morgan fingerprint density at radius 2 is 2.04 bits per heavy atom. The number of hydrogen-bond donors (Lipinski definition) is 2. The summed E-state index contributed by atoms with van der Waals surface area (Å²) >= 11 is 0. The fourth-order valence-corrected chi connectivity index (χ4v) is 4.01. The van der Waals surface area contributed by atoms with Crippen LogP contribution in [0.15, 0.2) is 29.2 Å². The van der Waals surface area contributed by atoms with Crippen molar-refractivity contribution in [1.82, 2.24) is 14.9 Å². The SMILES string of the molecule is COc1cccc(S(=O)(=O)N[C@@H]2C[C@@H](NC=O)N(C(=O)OC(C)(C)C)C2)c1. The van der Waals surface area contributed by atoms with E-state index in [2.05, 4.69) is 10.0 Å². The maximum Gasteiger partial charge on any atom is 0.411 e. The van der Waals surface area contributed by atoms with Gasteiger partial charge in [0.15, 0.2) is 0 Å². The van der Waals surface area contributed by atoms with E-state index in [0.29, 0.717) is 12.2 Å². The number of carbonyl (C=O) groups is 2. The molecule has 2 rings (SSSR count). The van der Waals surface area contributed by atoms with Crippen molar-refractivity contribution in [3.05, 3.63) is 24.3 Å². The van der Waals surface area contributed by atoms with Gasteiger partial charge in [-0.1, -0.05) is 6.07 Å². The van der Waals surface area contributed by atoms with Crippen LogP contribution in [0, 0.1) is 0 Å². The van der Waals surface area contributed by atoms with Crippen LogP contribution in [-0.4, -0.2) is 57.3 Å². The summed E-state index contributed by atoms with van der Waals surface area (Å²) in [5.74, 6) is 0.417. The first-order valence-corrected chi connectivity index (χ1v) is 9.90. The number of amides is 2. The van der Waals surface area contributed by atoms with E-state index in [1.807, 2.05) is 0 Å². The Balaban J connectivity index is 2.14. The Morgan fingerprint density at radius 3 is 2.63 bits per heavy atom. The molecule has 0 aromatic heterocycles. The normalized spacial score (nSPS) is 20.2. The molecule has 1 aliphatic heterocycles. The fraction of sp³-hybridized carbons (Fsp3) is 0.529. The molecular formula is C17H25N3O6S. The van der Waals surface area contributed by atoms with Crippen LogP contribution in [0.2, 0.25) is 0 Å². The molecule has 1 heterocycles. The van der Waals surface area contributed by atoms with Crippen LogP contribution in [-0.2, 0) is 19.6 Å². The average Bonchev–Trinajstić information content (AvgIpc) is 2.95. The van der Waals surface area contributed by atoms with Crippen LogP contribution in [0.4, 0.5) is 4.79 Å². The highest BCUT2D eigenvalue weighted by molar-refractivity contribution is 7.89. The maximum absolute atomic E-state index is 12.6. The van der Waals surface area contributed by atoms with Gasteiger partial charge < -0.3 is 14.8 Å². The van der Waals surface area contributed by atoms with Gasteiger partial charge in [-0.15, -0.1) is 0 Å². The molecule has 27 heavy (non-hydrogen) atoms. The zero-order valence-corrected chi connectivity index (χ0v) is 16.6. The van der Waals surface area contributed by atoms with E-state index in [0.717, 1.165) is 0 Å². The number of sulfonamides is 1. The molecule has 1 saturated heterocycles. The van der Waals surface area contributed by atoms with Gasteiger partial charge in [-0.2, -0.15) is 0 Å². The lowest BCUT2D eigenvalue weighted by molar-refractivity contribution is -0.110. The molecule has 0 unspecified atom stereocenters. The van der Waals surface area contributed by atoms with Crippen molar-refractivity contribution >= 4 is 22.5 Å². The van der Waals surface area contributed by atoms with E-state index >= 15 is 0 Å². The molecule has 2 N–H and O–H groups in total. The van der Waals surface area contributed by atoms with E-state index in [4.69, 9.17) is 9.47 Å². The maximum atomic E-state index is 12.6. The fourth-order valence-electron chi connectivity index (χ4n) is 2.74. The number of ether oxygens (including phenoxy) is 2. The van der Waals surface area contributed by atoms with Gasteiger partial charge in [-0.25, -0.2) is 17.9 Å². The molecule has 1 aliphatic rings. The van der Waals surface area contributed by atoms with Gasteiger partial charge in [0, 0.05) is 25.1 Å². The first-order chi connectivity index (χ1) is 12.6. The summed E-state index contributed by atoms with van der Waals surface area (Å²) in [4.78, 5) is 24.6. The van der Waals surface area contributed by atoms with Gasteiger partial charge in [-0.3, -0.25) is 9.69 Å². The smallest absolute Gasteiger partial charge is 0.411 e. The number of hydrogen-bond acceptors (Lipinski definition) is 6. The number of carbonyl (C=O) groups excluding carboxylic acids is 2. The van der Waals surface area contributed by atoms with Gasteiger partial charge in [0.05, 0.1) is 12.0 Å². The summed E-state index contributed by atoms with van der Waals surface area (Å²) in [7, 11) is -2.37. The van der Waals surface area contributed by atoms with Crippen molar-refractivity contribution in [2.24, 2.45) is 0 Å². The largest absolute Gasteiger partial charge is 0.497 e. The predicted octanol–water partition coefficient (Wildman–Crippen LogP) is 1.05. The molecule has 10 heteroatoms. The summed E-state index contributed by atoms with van der Waals surface area (Å²) in [6.45, 7) is 5.26. The van der Waals surface area contributed by atoms with Crippen molar-refractivity contribution in [2.45, 2.75) is 49.9 Å². The van der Waals surface area contributed by atoms with Crippen LogP contribution in [0.3, 0.4) is 0 Å². The van der Waals surface area contributed by atoms with Gasteiger partial charge in [0.25, 0.3) is 0 Å². The van der Waals surface area contributed by atoms with E-state index in [1.165, 1.54) is 24.1 Å². The van der Waals surface area contributed by atoms with Crippen LogP contribution in [0.25, 0.3) is 0 Å². The molecule has 0 bridgehead atoms. The number of benzene rings is 1. The molecule has 0 aliphatic carbocycles. The summed E-state index contributed by atoms with van der Waals surface area (Å²) in [6, 6.07) is 5.50. The second-order valence-corrected chi connectivity index (χ2v) is 8.88. The summed E-state index contributed by atoms with van der Waals surface area (Å²) in [5, 5.41) is 2.52. The van der Waals surface area contributed by atoms with Crippen LogP contribution >= 0.6 is 0 Å². The molecule has 1 aromatic rings. The molecule has 9 nitrogen and oxygen atoms in total. The topological polar surface area (TPSA) is 114 Å². The first-order valence-electron chi connectivity index (χ1n) is 8.41. The van der Waals surface area contributed by atoms with Crippen LogP contribution < -0.4 is 14.8 Å². The zero-order chi connectivity index (χ0) is 20.2. The Morgan fingerprint density at radius 1 is 1.33 bits per heavy atom. The van der Waals surface area contributed by atoms with Gasteiger partial charge in [0.1, 0.15) is 17.5 Å². The van der Waals surface area contributed by atoms with Crippen molar-refractivity contribution in [1.29, 1.82) is 0 Å². The third kappa shape index (κ3) is 5.57. The highest BCUT2D eigenvalue weighted by Gasteiger charge is 2.39. The molecule has 0 spiro atoms. The lowest BCUT2D eigenvalue weighted by Gasteiger charge is -2.28.